The van der Waals surface area contributed by atoms with Crippen molar-refractivity contribution in [2.75, 3.05) is 20.2 Å². The van der Waals surface area contributed by atoms with Crippen LogP contribution >= 0.6 is 0 Å². The summed E-state index contributed by atoms with van der Waals surface area (Å²) >= 11 is 0. The molecular formula is C18H21N3O4S. The third-order valence-corrected chi connectivity index (χ3v) is 5.84. The molecule has 0 aliphatic carbocycles. The Morgan fingerprint density at radius 3 is 2.77 bits per heavy atom. The van der Waals surface area contributed by atoms with Crippen LogP contribution in [0.2, 0.25) is 0 Å². The second-order valence-electron chi connectivity index (χ2n) is 5.90. The van der Waals surface area contributed by atoms with E-state index in [1.165, 1.54) is 13.2 Å². The normalized spacial score (nSPS) is 14.0. The van der Waals surface area contributed by atoms with Crippen LogP contribution < -0.4 is 9.46 Å². The largest absolute Gasteiger partial charge is 0.478 e. The molecule has 0 fully saturated rings. The topological polar surface area (TPSA) is 88.6 Å². The Morgan fingerprint density at radius 1 is 1.31 bits per heavy atom. The Balaban J connectivity index is 1.82. The average molecular weight is 375 g/mol. The molecule has 1 aromatic carbocycles. The van der Waals surface area contributed by atoms with Crippen molar-refractivity contribution in [3.05, 3.63) is 53.2 Å². The van der Waals surface area contributed by atoms with Gasteiger partial charge in [0.15, 0.2) is 0 Å². The van der Waals surface area contributed by atoms with Crippen LogP contribution in [0.4, 0.5) is 0 Å². The lowest BCUT2D eigenvalue weighted by molar-refractivity contribution is 0.0733. The molecule has 0 saturated heterocycles. The van der Waals surface area contributed by atoms with Gasteiger partial charge in [0.2, 0.25) is 15.9 Å². The highest BCUT2D eigenvalue weighted by molar-refractivity contribution is 7.89. The third-order valence-electron chi connectivity index (χ3n) is 4.34. The van der Waals surface area contributed by atoms with Crippen LogP contribution in [0, 0.1) is 0 Å². The van der Waals surface area contributed by atoms with Gasteiger partial charge in [-0.1, -0.05) is 12.1 Å². The minimum atomic E-state index is -3.52. The van der Waals surface area contributed by atoms with E-state index in [1.54, 1.807) is 29.2 Å². The molecule has 138 valence electrons. The highest BCUT2D eigenvalue weighted by atomic mass is 32.2. The zero-order valence-corrected chi connectivity index (χ0v) is 15.5. The number of amides is 1. The van der Waals surface area contributed by atoms with Crippen molar-refractivity contribution in [1.82, 2.24) is 14.6 Å². The Hall–Kier alpha value is -2.45. The van der Waals surface area contributed by atoms with Crippen LogP contribution in [0.5, 0.6) is 5.88 Å². The summed E-state index contributed by atoms with van der Waals surface area (Å²) < 4.78 is 32.0. The number of benzene rings is 1. The summed E-state index contributed by atoms with van der Waals surface area (Å²) in [4.78, 5) is 18.8. The fraction of sp³-hybridized carbons (Fsp3) is 0.333. The number of ether oxygens (including phenoxy) is 1. The van der Waals surface area contributed by atoms with E-state index >= 15 is 0 Å². The summed E-state index contributed by atoms with van der Waals surface area (Å²) in [7, 11) is -2.12. The molecule has 7 nitrogen and oxygen atoms in total. The number of hydrogen-bond acceptors (Lipinski definition) is 5. The first-order valence-corrected chi connectivity index (χ1v) is 9.87. The number of hydrogen-bond donors (Lipinski definition) is 1. The Morgan fingerprint density at radius 2 is 2.12 bits per heavy atom. The lowest BCUT2D eigenvalue weighted by atomic mass is 9.99. The minimum Gasteiger partial charge on any atom is -0.478 e. The highest BCUT2D eigenvalue weighted by Gasteiger charge is 2.26. The summed E-state index contributed by atoms with van der Waals surface area (Å²) in [6, 6.07) is 8.53. The summed E-state index contributed by atoms with van der Waals surface area (Å²) in [5, 5.41) is 0. The van der Waals surface area contributed by atoms with Gasteiger partial charge in [-0.25, -0.2) is 18.1 Å². The average Bonchev–Trinajstić information content (AvgIpc) is 2.67. The van der Waals surface area contributed by atoms with Crippen LogP contribution in [-0.2, 0) is 23.0 Å². The van der Waals surface area contributed by atoms with Gasteiger partial charge in [0.1, 0.15) is 0 Å². The molecule has 0 atom stereocenters. The van der Waals surface area contributed by atoms with Crippen molar-refractivity contribution in [2.24, 2.45) is 0 Å². The molecule has 1 aromatic heterocycles. The molecule has 3 rings (SSSR count). The van der Waals surface area contributed by atoms with Crippen molar-refractivity contribution in [1.29, 1.82) is 0 Å². The van der Waals surface area contributed by atoms with Gasteiger partial charge in [0.05, 0.1) is 17.1 Å². The first kappa shape index (κ1) is 18.3. The molecule has 0 saturated carbocycles. The number of aromatic nitrogens is 1. The van der Waals surface area contributed by atoms with Crippen molar-refractivity contribution in [3.8, 4) is 5.88 Å². The minimum absolute atomic E-state index is 0.131. The van der Waals surface area contributed by atoms with Gasteiger partial charge in [0, 0.05) is 25.4 Å². The van der Waals surface area contributed by atoms with Crippen LogP contribution in [0.3, 0.4) is 0 Å². The Labute approximate surface area is 153 Å². The first-order chi connectivity index (χ1) is 12.5. The van der Waals surface area contributed by atoms with E-state index < -0.39 is 10.0 Å². The van der Waals surface area contributed by atoms with Crippen molar-refractivity contribution in [2.45, 2.75) is 24.8 Å². The van der Waals surface area contributed by atoms with Crippen LogP contribution in [-0.4, -0.2) is 44.4 Å². The maximum atomic E-state index is 12.7. The van der Waals surface area contributed by atoms with E-state index in [0.29, 0.717) is 37.6 Å². The summed E-state index contributed by atoms with van der Waals surface area (Å²) in [5.74, 6) is 0.350. The second-order valence-corrected chi connectivity index (χ2v) is 7.75. The lowest BCUT2D eigenvalue weighted by Gasteiger charge is -2.30. The first-order valence-electron chi connectivity index (χ1n) is 8.38. The van der Waals surface area contributed by atoms with Gasteiger partial charge in [0.25, 0.3) is 5.91 Å². The molecule has 2 heterocycles. The molecule has 0 radical (unpaired) electrons. The molecule has 1 aliphatic rings. The van der Waals surface area contributed by atoms with Crippen LogP contribution in [0.1, 0.15) is 28.4 Å². The number of pyridine rings is 1. The number of nitrogens with one attached hydrogen (secondary N) is 1. The fourth-order valence-corrected chi connectivity index (χ4v) is 4.07. The van der Waals surface area contributed by atoms with Gasteiger partial charge in [-0.05, 0) is 43.7 Å². The molecule has 8 heteroatoms. The summed E-state index contributed by atoms with van der Waals surface area (Å²) in [6.07, 6.45) is 1.99. The smallest absolute Gasteiger partial charge is 0.255 e. The number of nitrogens with zero attached hydrogens (tertiary/aromatic N) is 2. The van der Waals surface area contributed by atoms with E-state index in [2.05, 4.69) is 9.71 Å². The highest BCUT2D eigenvalue weighted by Crippen LogP contribution is 2.26. The lowest BCUT2D eigenvalue weighted by Crippen LogP contribution is -2.37. The molecule has 0 unspecified atom stereocenters. The van der Waals surface area contributed by atoms with Crippen LogP contribution in [0.15, 0.2) is 41.4 Å². The molecule has 1 N–H and O–H groups in total. The quantitative estimate of drug-likeness (QED) is 0.857. The monoisotopic (exact) mass is 375 g/mol. The number of fused-ring (bicyclic) bond motifs is 1. The standard InChI is InChI=1S/C18H21N3O4S/c1-3-25-17-8-7-13(11-20-17)18(22)21-10-9-15-14(12-21)5-4-6-16(15)26(23,24)19-2/h4-8,11,19H,3,9-10,12H2,1-2H3. The van der Waals surface area contributed by atoms with E-state index in [4.69, 9.17) is 4.74 Å². The molecule has 0 spiro atoms. The molecular weight excluding hydrogens is 354 g/mol. The fourth-order valence-electron chi connectivity index (χ4n) is 3.03. The molecule has 0 bridgehead atoms. The van der Waals surface area contributed by atoms with Gasteiger partial charge < -0.3 is 9.64 Å². The van der Waals surface area contributed by atoms with Gasteiger partial charge in [-0.15, -0.1) is 0 Å². The van der Waals surface area contributed by atoms with Crippen molar-refractivity contribution < 1.29 is 17.9 Å². The van der Waals surface area contributed by atoms with E-state index in [9.17, 15) is 13.2 Å². The Kier molecular flexibility index (Phi) is 5.24. The predicted octanol–water partition coefficient (Wildman–Crippen LogP) is 1.59. The van der Waals surface area contributed by atoms with E-state index in [1.807, 2.05) is 13.0 Å². The summed E-state index contributed by atoms with van der Waals surface area (Å²) in [6.45, 7) is 3.21. The molecule has 1 aliphatic heterocycles. The number of carbonyl (C=O) groups is 1. The molecule has 2 aromatic rings. The molecule has 1 amide bonds. The maximum absolute atomic E-state index is 12.7. The van der Waals surface area contributed by atoms with E-state index in [-0.39, 0.29) is 10.8 Å². The number of carbonyl (C=O) groups excluding carboxylic acids is 1. The zero-order valence-electron chi connectivity index (χ0n) is 14.7. The van der Waals surface area contributed by atoms with Crippen molar-refractivity contribution in [3.63, 3.8) is 0 Å². The van der Waals surface area contributed by atoms with Crippen molar-refractivity contribution >= 4 is 15.9 Å². The number of rotatable bonds is 5. The number of sulfonamides is 1. The zero-order chi connectivity index (χ0) is 18.7. The predicted molar refractivity (Wildman–Crippen MR) is 96.5 cm³/mol. The maximum Gasteiger partial charge on any atom is 0.255 e. The summed E-state index contributed by atoms with van der Waals surface area (Å²) in [5.41, 5.74) is 2.10. The van der Waals surface area contributed by atoms with Crippen LogP contribution in [0.25, 0.3) is 0 Å². The Bertz CT molecular complexity index is 911. The van der Waals surface area contributed by atoms with Gasteiger partial charge >= 0.3 is 0 Å². The van der Waals surface area contributed by atoms with E-state index in [0.717, 1.165) is 11.1 Å². The van der Waals surface area contributed by atoms with Gasteiger partial charge in [-0.3, -0.25) is 4.79 Å². The second kappa shape index (κ2) is 7.43. The third kappa shape index (κ3) is 3.56. The van der Waals surface area contributed by atoms with Gasteiger partial charge in [-0.2, -0.15) is 0 Å². The SMILES string of the molecule is CCOc1ccc(C(=O)N2CCc3c(cccc3S(=O)(=O)NC)C2)cn1. The molecule has 26 heavy (non-hydrogen) atoms.